The minimum atomic E-state index is -0.593. The van der Waals surface area contributed by atoms with Gasteiger partial charge in [-0.15, -0.1) is 0 Å². The number of nitrogens with zero attached hydrogens (tertiary/aromatic N) is 4. The molecule has 0 radical (unpaired) electrons. The van der Waals surface area contributed by atoms with Crippen molar-refractivity contribution in [3.63, 3.8) is 0 Å². The molecule has 0 aliphatic carbocycles. The standard InChI is InChI=1S/C14H16Cl2N4O2/c1-14(2,3)22-13(21)19(4)11-8-20(18-12(11)16)10-5-9(15)6-17-7-10/h5-8H,1-4H3. The normalized spacial score (nSPS) is 11.4. The summed E-state index contributed by atoms with van der Waals surface area (Å²) in [5.41, 5.74) is 0.471. The van der Waals surface area contributed by atoms with E-state index in [1.807, 2.05) is 0 Å². The smallest absolute Gasteiger partial charge is 0.414 e. The van der Waals surface area contributed by atoms with Gasteiger partial charge in [0.15, 0.2) is 5.15 Å². The van der Waals surface area contributed by atoms with Crippen molar-refractivity contribution in [2.24, 2.45) is 0 Å². The van der Waals surface area contributed by atoms with E-state index in [2.05, 4.69) is 10.1 Å². The van der Waals surface area contributed by atoms with Crippen LogP contribution in [0.25, 0.3) is 5.69 Å². The predicted octanol–water partition coefficient (Wildman–Crippen LogP) is 3.95. The van der Waals surface area contributed by atoms with Crippen molar-refractivity contribution in [1.29, 1.82) is 0 Å². The lowest BCUT2D eigenvalue weighted by Gasteiger charge is -2.23. The quantitative estimate of drug-likeness (QED) is 0.829. The summed E-state index contributed by atoms with van der Waals surface area (Å²) in [6.45, 7) is 5.38. The van der Waals surface area contributed by atoms with Gasteiger partial charge in [-0.3, -0.25) is 9.88 Å². The highest BCUT2D eigenvalue weighted by atomic mass is 35.5. The number of anilines is 1. The molecule has 0 bridgehead atoms. The Morgan fingerprint density at radius 1 is 1.32 bits per heavy atom. The first-order chi connectivity index (χ1) is 10.2. The Hall–Kier alpha value is -1.79. The maximum atomic E-state index is 12.1. The molecule has 0 fully saturated rings. The summed E-state index contributed by atoms with van der Waals surface area (Å²) in [7, 11) is 1.57. The third-order valence-electron chi connectivity index (χ3n) is 2.64. The number of pyridine rings is 1. The summed E-state index contributed by atoms with van der Waals surface area (Å²) in [5.74, 6) is 0. The van der Waals surface area contributed by atoms with Crippen LogP contribution in [-0.2, 0) is 4.74 Å². The molecular formula is C14H16Cl2N4O2. The number of hydrogen-bond acceptors (Lipinski definition) is 4. The highest BCUT2D eigenvalue weighted by Crippen LogP contribution is 2.26. The van der Waals surface area contributed by atoms with Gasteiger partial charge in [-0.1, -0.05) is 23.2 Å². The van der Waals surface area contributed by atoms with Crippen LogP contribution in [0.15, 0.2) is 24.7 Å². The SMILES string of the molecule is CN(C(=O)OC(C)(C)C)c1cn(-c2cncc(Cl)c2)nc1Cl. The van der Waals surface area contributed by atoms with Gasteiger partial charge in [0, 0.05) is 13.2 Å². The average molecular weight is 343 g/mol. The van der Waals surface area contributed by atoms with Gasteiger partial charge < -0.3 is 4.74 Å². The van der Waals surface area contributed by atoms with Crippen LogP contribution in [-0.4, -0.2) is 33.5 Å². The van der Waals surface area contributed by atoms with Crippen LogP contribution in [0.5, 0.6) is 0 Å². The summed E-state index contributed by atoms with van der Waals surface area (Å²) < 4.78 is 6.80. The van der Waals surface area contributed by atoms with Gasteiger partial charge in [0.05, 0.1) is 23.1 Å². The predicted molar refractivity (Wildman–Crippen MR) is 86.0 cm³/mol. The fraction of sp³-hybridized carbons (Fsp3) is 0.357. The van der Waals surface area contributed by atoms with Crippen LogP contribution >= 0.6 is 23.2 Å². The van der Waals surface area contributed by atoms with Crippen molar-refractivity contribution < 1.29 is 9.53 Å². The fourth-order valence-corrected chi connectivity index (χ4v) is 2.08. The summed E-state index contributed by atoms with van der Waals surface area (Å²) in [5, 5.41) is 4.81. The van der Waals surface area contributed by atoms with Crippen LogP contribution < -0.4 is 4.90 Å². The van der Waals surface area contributed by atoms with E-state index < -0.39 is 11.7 Å². The first-order valence-corrected chi connectivity index (χ1v) is 7.26. The molecule has 0 saturated carbocycles. The third-order valence-corrected chi connectivity index (χ3v) is 3.11. The van der Waals surface area contributed by atoms with Crippen molar-refractivity contribution in [2.45, 2.75) is 26.4 Å². The number of rotatable bonds is 2. The fourth-order valence-electron chi connectivity index (χ4n) is 1.66. The maximum absolute atomic E-state index is 12.1. The van der Waals surface area contributed by atoms with Crippen LogP contribution in [0, 0.1) is 0 Å². The number of amides is 1. The van der Waals surface area contributed by atoms with E-state index in [-0.39, 0.29) is 5.15 Å². The van der Waals surface area contributed by atoms with Gasteiger partial charge in [0.25, 0.3) is 0 Å². The summed E-state index contributed by atoms with van der Waals surface area (Å²) >= 11 is 12.0. The lowest BCUT2D eigenvalue weighted by molar-refractivity contribution is 0.0589. The molecule has 0 spiro atoms. The molecule has 2 rings (SSSR count). The van der Waals surface area contributed by atoms with Crippen LogP contribution in [0.2, 0.25) is 10.2 Å². The second kappa shape index (κ2) is 6.14. The van der Waals surface area contributed by atoms with E-state index in [1.54, 1.807) is 46.3 Å². The van der Waals surface area contributed by atoms with E-state index >= 15 is 0 Å². The Morgan fingerprint density at radius 3 is 2.59 bits per heavy atom. The first kappa shape index (κ1) is 16.6. The lowest BCUT2D eigenvalue weighted by Crippen LogP contribution is -2.34. The molecule has 118 valence electrons. The van der Waals surface area contributed by atoms with E-state index in [9.17, 15) is 4.79 Å². The summed E-state index contributed by atoms with van der Waals surface area (Å²) in [4.78, 5) is 17.4. The highest BCUT2D eigenvalue weighted by molar-refractivity contribution is 6.32. The van der Waals surface area contributed by atoms with E-state index in [0.717, 1.165) is 0 Å². The Labute approximate surface area is 138 Å². The molecule has 22 heavy (non-hydrogen) atoms. The van der Waals surface area contributed by atoms with Crippen LogP contribution in [0.1, 0.15) is 20.8 Å². The molecule has 0 aliphatic rings. The molecule has 8 heteroatoms. The topological polar surface area (TPSA) is 60.2 Å². The number of halogens is 2. The Morgan fingerprint density at radius 2 is 2.00 bits per heavy atom. The number of hydrogen-bond donors (Lipinski definition) is 0. The molecule has 0 N–H and O–H groups in total. The van der Waals surface area contributed by atoms with E-state index in [4.69, 9.17) is 27.9 Å². The van der Waals surface area contributed by atoms with Gasteiger partial charge in [-0.25, -0.2) is 9.48 Å². The zero-order valence-electron chi connectivity index (χ0n) is 12.7. The second-order valence-electron chi connectivity index (χ2n) is 5.65. The molecule has 0 unspecified atom stereocenters. The highest BCUT2D eigenvalue weighted by Gasteiger charge is 2.23. The van der Waals surface area contributed by atoms with Crippen LogP contribution in [0.3, 0.4) is 0 Å². The number of aromatic nitrogens is 3. The number of carbonyl (C=O) groups is 1. The summed E-state index contributed by atoms with van der Waals surface area (Å²) in [6.07, 6.45) is 4.20. The monoisotopic (exact) mass is 342 g/mol. The molecule has 2 aromatic rings. The molecule has 2 aromatic heterocycles. The minimum Gasteiger partial charge on any atom is -0.443 e. The van der Waals surface area contributed by atoms with Crippen molar-refractivity contribution in [3.8, 4) is 5.69 Å². The molecule has 0 aromatic carbocycles. The Kier molecular flexibility index (Phi) is 4.63. The minimum absolute atomic E-state index is 0.174. The largest absolute Gasteiger partial charge is 0.443 e. The Balaban J connectivity index is 2.28. The third kappa shape index (κ3) is 3.90. The lowest BCUT2D eigenvalue weighted by atomic mass is 10.2. The molecular weight excluding hydrogens is 327 g/mol. The van der Waals surface area contributed by atoms with E-state index in [0.29, 0.717) is 16.4 Å². The second-order valence-corrected chi connectivity index (χ2v) is 6.44. The summed E-state index contributed by atoms with van der Waals surface area (Å²) in [6, 6.07) is 1.69. The van der Waals surface area contributed by atoms with Gasteiger partial charge in [0.2, 0.25) is 0 Å². The molecule has 0 atom stereocenters. The molecule has 1 amide bonds. The van der Waals surface area contributed by atoms with Gasteiger partial charge in [-0.2, -0.15) is 5.10 Å². The first-order valence-electron chi connectivity index (χ1n) is 6.50. The van der Waals surface area contributed by atoms with Crippen LogP contribution in [0.4, 0.5) is 10.5 Å². The van der Waals surface area contributed by atoms with Gasteiger partial charge in [0.1, 0.15) is 11.3 Å². The zero-order chi connectivity index (χ0) is 16.5. The molecule has 2 heterocycles. The van der Waals surface area contributed by atoms with Gasteiger partial charge in [-0.05, 0) is 26.8 Å². The van der Waals surface area contributed by atoms with E-state index in [1.165, 1.54) is 15.8 Å². The molecule has 0 saturated heterocycles. The maximum Gasteiger partial charge on any atom is 0.414 e. The zero-order valence-corrected chi connectivity index (χ0v) is 14.2. The van der Waals surface area contributed by atoms with Crippen molar-refractivity contribution in [2.75, 3.05) is 11.9 Å². The number of carbonyl (C=O) groups excluding carboxylic acids is 1. The van der Waals surface area contributed by atoms with Crippen molar-refractivity contribution >= 4 is 35.0 Å². The van der Waals surface area contributed by atoms with Gasteiger partial charge >= 0.3 is 6.09 Å². The van der Waals surface area contributed by atoms with Crippen molar-refractivity contribution in [3.05, 3.63) is 34.8 Å². The number of ether oxygens (including phenoxy) is 1. The Bertz CT molecular complexity index is 694. The molecule has 0 aliphatic heterocycles. The molecule has 6 nitrogen and oxygen atoms in total. The average Bonchev–Trinajstić information content (AvgIpc) is 2.78. The van der Waals surface area contributed by atoms with Crippen molar-refractivity contribution in [1.82, 2.24) is 14.8 Å².